The summed E-state index contributed by atoms with van der Waals surface area (Å²) in [5, 5.41) is 4.24. The third kappa shape index (κ3) is 3.63. The minimum atomic E-state index is 0.579. The van der Waals surface area contributed by atoms with E-state index in [2.05, 4.69) is 30.3 Å². The molecule has 5 nitrogen and oxygen atoms in total. The maximum atomic E-state index is 6.27. The number of pyridine rings is 1. The van der Waals surface area contributed by atoms with Crippen molar-refractivity contribution in [1.29, 1.82) is 0 Å². The van der Waals surface area contributed by atoms with Crippen molar-refractivity contribution in [3.8, 4) is 34.2 Å². The van der Waals surface area contributed by atoms with Gasteiger partial charge < -0.3 is 4.42 Å². The number of nitrogens with zero attached hydrogens (tertiary/aromatic N) is 4. The molecule has 0 aliphatic carbocycles. The number of aromatic nitrogens is 4. The highest BCUT2D eigenvalue weighted by molar-refractivity contribution is 6.12. The van der Waals surface area contributed by atoms with Gasteiger partial charge in [-0.3, -0.25) is 0 Å². The smallest absolute Gasteiger partial charge is 0.164 e. The van der Waals surface area contributed by atoms with Crippen molar-refractivity contribution in [3.05, 3.63) is 121 Å². The summed E-state index contributed by atoms with van der Waals surface area (Å²) in [6.45, 7) is 0. The minimum absolute atomic E-state index is 0.579. The van der Waals surface area contributed by atoms with E-state index in [0.717, 1.165) is 55.0 Å². The molecule has 8 rings (SSSR count). The van der Waals surface area contributed by atoms with E-state index in [1.165, 1.54) is 5.39 Å². The van der Waals surface area contributed by atoms with Gasteiger partial charge >= 0.3 is 0 Å². The second kappa shape index (κ2) is 8.57. The van der Waals surface area contributed by atoms with Crippen molar-refractivity contribution in [1.82, 2.24) is 19.9 Å². The Morgan fingerprint density at radius 2 is 1.15 bits per heavy atom. The van der Waals surface area contributed by atoms with E-state index in [1.54, 1.807) is 0 Å². The number of benzene rings is 5. The van der Waals surface area contributed by atoms with Gasteiger partial charge in [-0.15, -0.1) is 0 Å². The molecule has 3 aromatic heterocycles. The van der Waals surface area contributed by atoms with Crippen LogP contribution in [0.4, 0.5) is 0 Å². The van der Waals surface area contributed by atoms with E-state index in [0.29, 0.717) is 17.5 Å². The zero-order chi connectivity index (χ0) is 25.8. The van der Waals surface area contributed by atoms with Gasteiger partial charge in [-0.2, -0.15) is 0 Å². The van der Waals surface area contributed by atoms with Crippen molar-refractivity contribution >= 4 is 43.7 Å². The molecule has 182 valence electrons. The van der Waals surface area contributed by atoms with E-state index in [1.807, 2.05) is 91.0 Å². The Hall–Kier alpha value is -5.42. The van der Waals surface area contributed by atoms with Gasteiger partial charge in [0.25, 0.3) is 0 Å². The van der Waals surface area contributed by atoms with Gasteiger partial charge in [0.15, 0.2) is 23.1 Å². The summed E-state index contributed by atoms with van der Waals surface area (Å²) >= 11 is 0. The quantitative estimate of drug-likeness (QED) is 0.243. The van der Waals surface area contributed by atoms with E-state index >= 15 is 0 Å². The fourth-order valence-corrected chi connectivity index (χ4v) is 5.19. The highest BCUT2D eigenvalue weighted by atomic mass is 16.3. The van der Waals surface area contributed by atoms with Crippen LogP contribution in [0.5, 0.6) is 0 Å². The lowest BCUT2D eigenvalue weighted by Crippen LogP contribution is -2.00. The Morgan fingerprint density at radius 3 is 2.03 bits per heavy atom. The van der Waals surface area contributed by atoms with Crippen LogP contribution in [0, 0.1) is 0 Å². The minimum Gasteiger partial charge on any atom is -0.454 e. The largest absolute Gasteiger partial charge is 0.454 e. The summed E-state index contributed by atoms with van der Waals surface area (Å²) in [6.07, 6.45) is 0. The molecule has 0 bridgehead atoms. The van der Waals surface area contributed by atoms with Crippen molar-refractivity contribution in [2.75, 3.05) is 0 Å². The first-order chi connectivity index (χ1) is 19.3. The Balaban J connectivity index is 1.41. The number of hydrogen-bond donors (Lipinski definition) is 0. The van der Waals surface area contributed by atoms with Crippen LogP contribution in [0.15, 0.2) is 126 Å². The standard InChI is InChI=1S/C34H20N4O/c1-2-10-22(11-3-1)32-36-33(25-18-17-21-9-4-5-12-23(21)19-25)38-34(37-32)26-14-8-16-28-30(26)31-29(39-28)20-24-13-6-7-15-27(24)35-31/h1-20H. The number of para-hydroxylation sites is 1. The summed E-state index contributed by atoms with van der Waals surface area (Å²) in [7, 11) is 0. The molecule has 0 radical (unpaired) electrons. The molecule has 0 aliphatic rings. The fourth-order valence-electron chi connectivity index (χ4n) is 5.19. The Morgan fingerprint density at radius 1 is 0.436 bits per heavy atom. The molecule has 39 heavy (non-hydrogen) atoms. The third-order valence-electron chi connectivity index (χ3n) is 7.09. The normalized spacial score (nSPS) is 11.6. The van der Waals surface area contributed by atoms with Gasteiger partial charge in [-0.1, -0.05) is 97.1 Å². The Labute approximate surface area is 223 Å². The first-order valence-corrected chi connectivity index (χ1v) is 12.8. The molecule has 0 fully saturated rings. The first-order valence-electron chi connectivity index (χ1n) is 12.8. The van der Waals surface area contributed by atoms with E-state index in [-0.39, 0.29) is 0 Å². The zero-order valence-electron chi connectivity index (χ0n) is 20.7. The molecule has 0 spiro atoms. The van der Waals surface area contributed by atoms with Crippen LogP contribution in [0.2, 0.25) is 0 Å². The lowest BCUT2D eigenvalue weighted by Gasteiger charge is -2.09. The summed E-state index contributed by atoms with van der Waals surface area (Å²) in [5.41, 5.74) is 5.92. The highest BCUT2D eigenvalue weighted by Crippen LogP contribution is 2.37. The molecular weight excluding hydrogens is 480 g/mol. The van der Waals surface area contributed by atoms with E-state index in [4.69, 9.17) is 24.4 Å². The maximum Gasteiger partial charge on any atom is 0.164 e. The topological polar surface area (TPSA) is 64.7 Å². The molecule has 3 heterocycles. The van der Waals surface area contributed by atoms with Gasteiger partial charge in [-0.05, 0) is 35.0 Å². The van der Waals surface area contributed by atoms with Crippen LogP contribution in [-0.4, -0.2) is 19.9 Å². The molecule has 0 aliphatic heterocycles. The second-order valence-corrected chi connectivity index (χ2v) is 9.54. The molecule has 0 unspecified atom stereocenters. The number of fused-ring (bicyclic) bond motifs is 5. The fraction of sp³-hybridized carbons (Fsp3) is 0. The summed E-state index contributed by atoms with van der Waals surface area (Å²) < 4.78 is 6.27. The zero-order valence-corrected chi connectivity index (χ0v) is 20.7. The van der Waals surface area contributed by atoms with Crippen LogP contribution in [0.1, 0.15) is 0 Å². The Bertz CT molecular complexity index is 2180. The lowest BCUT2D eigenvalue weighted by molar-refractivity contribution is 0.669. The number of rotatable bonds is 3. The monoisotopic (exact) mass is 500 g/mol. The number of hydrogen-bond acceptors (Lipinski definition) is 5. The molecule has 0 saturated carbocycles. The summed E-state index contributed by atoms with van der Waals surface area (Å²) in [6, 6.07) is 40.7. The van der Waals surface area contributed by atoms with E-state index in [9.17, 15) is 0 Å². The predicted octanol–water partition coefficient (Wildman–Crippen LogP) is 8.47. The summed E-state index contributed by atoms with van der Waals surface area (Å²) in [5.74, 6) is 1.81. The first kappa shape index (κ1) is 21.6. The molecule has 8 aromatic rings. The van der Waals surface area contributed by atoms with Crippen LogP contribution < -0.4 is 0 Å². The Kier molecular flexibility index (Phi) is 4.76. The average molecular weight is 501 g/mol. The average Bonchev–Trinajstić information content (AvgIpc) is 3.37. The molecule has 0 saturated heterocycles. The van der Waals surface area contributed by atoms with Crippen LogP contribution in [0.25, 0.3) is 77.9 Å². The van der Waals surface area contributed by atoms with Crippen molar-refractivity contribution in [2.24, 2.45) is 0 Å². The van der Waals surface area contributed by atoms with E-state index < -0.39 is 0 Å². The predicted molar refractivity (Wildman–Crippen MR) is 156 cm³/mol. The van der Waals surface area contributed by atoms with Gasteiger partial charge in [0, 0.05) is 22.1 Å². The SMILES string of the molecule is c1ccc(-c2nc(-c3ccc4ccccc4c3)nc(-c3cccc4oc5cc6ccccc6nc5c34)n2)cc1. The van der Waals surface area contributed by atoms with Crippen LogP contribution in [-0.2, 0) is 0 Å². The summed E-state index contributed by atoms with van der Waals surface area (Å²) in [4.78, 5) is 19.9. The molecule has 5 heteroatoms. The molecule has 5 aromatic carbocycles. The van der Waals surface area contributed by atoms with Crippen molar-refractivity contribution in [2.45, 2.75) is 0 Å². The van der Waals surface area contributed by atoms with Crippen molar-refractivity contribution < 1.29 is 4.42 Å². The van der Waals surface area contributed by atoms with Crippen molar-refractivity contribution in [3.63, 3.8) is 0 Å². The van der Waals surface area contributed by atoms with Gasteiger partial charge in [0.2, 0.25) is 0 Å². The van der Waals surface area contributed by atoms with Crippen LogP contribution in [0.3, 0.4) is 0 Å². The maximum absolute atomic E-state index is 6.27. The molecule has 0 N–H and O–H groups in total. The second-order valence-electron chi connectivity index (χ2n) is 9.54. The molecular formula is C34H20N4O. The number of furan rings is 1. The highest BCUT2D eigenvalue weighted by Gasteiger charge is 2.19. The van der Waals surface area contributed by atoms with Gasteiger partial charge in [0.1, 0.15) is 11.1 Å². The lowest BCUT2D eigenvalue weighted by atomic mass is 10.1. The molecule has 0 atom stereocenters. The van der Waals surface area contributed by atoms with Crippen LogP contribution >= 0.6 is 0 Å². The molecule has 0 amide bonds. The van der Waals surface area contributed by atoms with Gasteiger partial charge in [0.05, 0.1) is 10.9 Å². The third-order valence-corrected chi connectivity index (χ3v) is 7.09. The van der Waals surface area contributed by atoms with Gasteiger partial charge in [-0.25, -0.2) is 19.9 Å².